The van der Waals surface area contributed by atoms with E-state index in [4.69, 9.17) is 16.3 Å². The van der Waals surface area contributed by atoms with Crippen molar-refractivity contribution in [1.29, 1.82) is 0 Å². The van der Waals surface area contributed by atoms with Gasteiger partial charge in [-0.05, 0) is 19.1 Å². The summed E-state index contributed by atoms with van der Waals surface area (Å²) in [5.74, 6) is -0.592. The molecule has 1 fully saturated rings. The van der Waals surface area contributed by atoms with Gasteiger partial charge < -0.3 is 19.9 Å². The minimum atomic E-state index is -0.592. The first-order chi connectivity index (χ1) is 10.5. The Morgan fingerprint density at radius 1 is 1.27 bits per heavy atom. The summed E-state index contributed by atoms with van der Waals surface area (Å²) in [5.41, 5.74) is -0.0398. The van der Waals surface area contributed by atoms with Crippen molar-refractivity contribution in [3.63, 3.8) is 0 Å². The van der Waals surface area contributed by atoms with Gasteiger partial charge in [-0.3, -0.25) is 0 Å². The van der Waals surface area contributed by atoms with Gasteiger partial charge in [0, 0.05) is 26.2 Å². The summed E-state index contributed by atoms with van der Waals surface area (Å²) in [6, 6.07) is 3.74. The zero-order chi connectivity index (χ0) is 16.1. The molecule has 0 bridgehead atoms. The highest BCUT2D eigenvalue weighted by atomic mass is 35.5. The van der Waals surface area contributed by atoms with Gasteiger partial charge in [-0.1, -0.05) is 17.7 Å². The monoisotopic (exact) mass is 329 g/mol. The Labute approximate surface area is 132 Å². The summed E-state index contributed by atoms with van der Waals surface area (Å²) >= 11 is 5.87. The Bertz CT molecular complexity index is 542. The molecule has 1 aromatic rings. The van der Waals surface area contributed by atoms with Crippen molar-refractivity contribution in [3.05, 3.63) is 29.0 Å². The summed E-state index contributed by atoms with van der Waals surface area (Å²) in [6.07, 6.45) is -0.389. The summed E-state index contributed by atoms with van der Waals surface area (Å²) in [4.78, 5) is 26.7. The van der Waals surface area contributed by atoms with Gasteiger partial charge in [0.05, 0.1) is 17.3 Å². The molecule has 0 unspecified atom stereocenters. The van der Waals surface area contributed by atoms with Gasteiger partial charge in [-0.25, -0.2) is 14.0 Å². The van der Waals surface area contributed by atoms with E-state index >= 15 is 0 Å². The van der Waals surface area contributed by atoms with Crippen molar-refractivity contribution in [3.8, 4) is 0 Å². The lowest BCUT2D eigenvalue weighted by Crippen LogP contribution is -2.51. The number of carbonyl (C=O) groups is 2. The molecule has 1 aliphatic rings. The first-order valence-electron chi connectivity index (χ1n) is 6.94. The number of nitrogens with zero attached hydrogens (tertiary/aromatic N) is 2. The lowest BCUT2D eigenvalue weighted by Gasteiger charge is -2.34. The quantitative estimate of drug-likeness (QED) is 0.907. The molecule has 22 heavy (non-hydrogen) atoms. The molecule has 8 heteroatoms. The zero-order valence-electron chi connectivity index (χ0n) is 12.1. The number of halogens is 2. The molecule has 1 heterocycles. The third-order valence-electron chi connectivity index (χ3n) is 3.29. The zero-order valence-corrected chi connectivity index (χ0v) is 12.9. The molecule has 1 aromatic carbocycles. The Morgan fingerprint density at radius 3 is 2.50 bits per heavy atom. The number of nitrogens with one attached hydrogen (secondary N) is 1. The van der Waals surface area contributed by atoms with Gasteiger partial charge in [0.15, 0.2) is 0 Å². The van der Waals surface area contributed by atoms with Gasteiger partial charge >= 0.3 is 12.1 Å². The van der Waals surface area contributed by atoms with Gasteiger partial charge in [-0.2, -0.15) is 0 Å². The maximum Gasteiger partial charge on any atom is 0.409 e. The van der Waals surface area contributed by atoms with Crippen LogP contribution in [0.2, 0.25) is 5.02 Å². The Kier molecular flexibility index (Phi) is 5.43. The number of carbonyl (C=O) groups excluding carboxylic acids is 2. The second-order valence-corrected chi connectivity index (χ2v) is 5.11. The molecule has 1 N–H and O–H groups in total. The standard InChI is InChI=1S/C14H17ClFN3O3/c1-2-22-14(21)19-8-6-18(7-9-19)13(20)17-12-10(15)4-3-5-11(12)16/h3-5H,2,6-9H2,1H3,(H,17,20). The van der Waals surface area contributed by atoms with Crippen LogP contribution in [-0.2, 0) is 4.74 Å². The van der Waals surface area contributed by atoms with Crippen molar-refractivity contribution in [2.75, 3.05) is 38.1 Å². The Morgan fingerprint density at radius 2 is 1.91 bits per heavy atom. The van der Waals surface area contributed by atoms with Gasteiger partial charge in [0.1, 0.15) is 5.82 Å². The molecule has 0 saturated carbocycles. The molecule has 1 aliphatic heterocycles. The summed E-state index contributed by atoms with van der Waals surface area (Å²) < 4.78 is 18.5. The number of urea groups is 1. The number of para-hydroxylation sites is 1. The van der Waals surface area contributed by atoms with E-state index < -0.39 is 11.8 Å². The third kappa shape index (κ3) is 3.79. The number of piperazine rings is 1. The molecule has 0 aliphatic carbocycles. The molecule has 3 amide bonds. The molecule has 0 aromatic heterocycles. The lowest BCUT2D eigenvalue weighted by atomic mass is 10.3. The highest BCUT2D eigenvalue weighted by Crippen LogP contribution is 2.25. The fourth-order valence-corrected chi connectivity index (χ4v) is 2.32. The Balaban J connectivity index is 1.92. The van der Waals surface area contributed by atoms with E-state index in [0.717, 1.165) is 0 Å². The van der Waals surface area contributed by atoms with Crippen LogP contribution >= 0.6 is 11.6 Å². The fraction of sp³-hybridized carbons (Fsp3) is 0.429. The van der Waals surface area contributed by atoms with Crippen molar-refractivity contribution in [2.45, 2.75) is 6.92 Å². The van der Waals surface area contributed by atoms with E-state index in [-0.39, 0.29) is 16.8 Å². The summed E-state index contributed by atoms with van der Waals surface area (Å²) in [7, 11) is 0. The second-order valence-electron chi connectivity index (χ2n) is 4.70. The van der Waals surface area contributed by atoms with Crippen molar-refractivity contribution < 1.29 is 18.7 Å². The predicted octanol–water partition coefficient (Wildman–Crippen LogP) is 2.79. The molecule has 6 nitrogen and oxygen atoms in total. The van der Waals surface area contributed by atoms with Crippen LogP contribution in [0.5, 0.6) is 0 Å². The number of rotatable bonds is 2. The number of benzene rings is 1. The van der Waals surface area contributed by atoms with Crippen LogP contribution in [0.3, 0.4) is 0 Å². The van der Waals surface area contributed by atoms with E-state index in [9.17, 15) is 14.0 Å². The van der Waals surface area contributed by atoms with Crippen LogP contribution in [-0.4, -0.2) is 54.7 Å². The van der Waals surface area contributed by atoms with Crippen molar-refractivity contribution in [2.24, 2.45) is 0 Å². The number of amides is 3. The molecule has 120 valence electrons. The van der Waals surface area contributed by atoms with Crippen LogP contribution in [0.25, 0.3) is 0 Å². The molecule has 2 rings (SSSR count). The average molecular weight is 330 g/mol. The van der Waals surface area contributed by atoms with Gasteiger partial charge in [-0.15, -0.1) is 0 Å². The van der Waals surface area contributed by atoms with E-state index in [0.29, 0.717) is 32.8 Å². The molecule has 1 saturated heterocycles. The second kappa shape index (κ2) is 7.31. The minimum Gasteiger partial charge on any atom is -0.450 e. The first kappa shape index (κ1) is 16.4. The first-order valence-corrected chi connectivity index (χ1v) is 7.32. The van der Waals surface area contributed by atoms with E-state index in [2.05, 4.69) is 5.32 Å². The van der Waals surface area contributed by atoms with Crippen molar-refractivity contribution in [1.82, 2.24) is 9.80 Å². The summed E-state index contributed by atoms with van der Waals surface area (Å²) in [5, 5.41) is 2.60. The SMILES string of the molecule is CCOC(=O)N1CCN(C(=O)Nc2c(F)cccc2Cl)CC1. The molecule has 0 atom stereocenters. The van der Waals surface area contributed by atoms with Crippen molar-refractivity contribution >= 4 is 29.4 Å². The maximum atomic E-state index is 13.6. The summed E-state index contributed by atoms with van der Waals surface area (Å²) in [6.45, 7) is 3.48. The van der Waals surface area contributed by atoms with E-state index in [1.165, 1.54) is 28.0 Å². The number of hydrogen-bond donors (Lipinski definition) is 1. The largest absolute Gasteiger partial charge is 0.450 e. The minimum absolute atomic E-state index is 0.0398. The number of anilines is 1. The molecule has 0 radical (unpaired) electrons. The average Bonchev–Trinajstić information content (AvgIpc) is 2.51. The third-order valence-corrected chi connectivity index (χ3v) is 3.60. The van der Waals surface area contributed by atoms with Gasteiger partial charge in [0.2, 0.25) is 0 Å². The Hall–Kier alpha value is -2.02. The number of ether oxygens (including phenoxy) is 1. The number of hydrogen-bond acceptors (Lipinski definition) is 3. The highest BCUT2D eigenvalue weighted by molar-refractivity contribution is 6.33. The van der Waals surface area contributed by atoms with Crippen LogP contribution in [0.1, 0.15) is 6.92 Å². The van der Waals surface area contributed by atoms with Crippen LogP contribution in [0, 0.1) is 5.82 Å². The molecule has 0 spiro atoms. The van der Waals surface area contributed by atoms with Crippen LogP contribution < -0.4 is 5.32 Å². The van der Waals surface area contributed by atoms with E-state index in [1.807, 2.05) is 0 Å². The molecular formula is C14H17ClFN3O3. The lowest BCUT2D eigenvalue weighted by molar-refractivity contribution is 0.0868. The predicted molar refractivity (Wildman–Crippen MR) is 80.6 cm³/mol. The topological polar surface area (TPSA) is 61.9 Å². The van der Waals surface area contributed by atoms with Gasteiger partial charge in [0.25, 0.3) is 0 Å². The van der Waals surface area contributed by atoms with Crippen LogP contribution in [0.15, 0.2) is 18.2 Å². The maximum absolute atomic E-state index is 13.6. The van der Waals surface area contributed by atoms with Crippen LogP contribution in [0.4, 0.5) is 19.7 Å². The van der Waals surface area contributed by atoms with E-state index in [1.54, 1.807) is 6.92 Å². The fourth-order valence-electron chi connectivity index (χ4n) is 2.11. The highest BCUT2D eigenvalue weighted by Gasteiger charge is 2.25. The smallest absolute Gasteiger partial charge is 0.409 e. The normalized spacial score (nSPS) is 14.7. The molecular weight excluding hydrogens is 313 g/mol.